The Hall–Kier alpha value is -3.43. The molecular formula is C23H19N5S. The van der Waals surface area contributed by atoms with Crippen LogP contribution in [0.15, 0.2) is 84.3 Å². The second-order valence-corrected chi connectivity index (χ2v) is 7.76. The van der Waals surface area contributed by atoms with E-state index in [2.05, 4.69) is 34.2 Å². The van der Waals surface area contributed by atoms with Gasteiger partial charge < -0.3 is 0 Å². The molecule has 0 saturated heterocycles. The summed E-state index contributed by atoms with van der Waals surface area (Å²) in [6.45, 7) is 2.06. The third kappa shape index (κ3) is 4.20. The zero-order valence-corrected chi connectivity index (χ0v) is 16.8. The predicted molar refractivity (Wildman–Crippen MR) is 115 cm³/mol. The third-order valence-corrected chi connectivity index (χ3v) is 5.62. The van der Waals surface area contributed by atoms with E-state index in [1.54, 1.807) is 12.4 Å². The molecule has 1 atom stereocenters. The molecule has 6 heteroatoms. The Morgan fingerprint density at radius 3 is 2.41 bits per heavy atom. The molecule has 0 saturated carbocycles. The highest BCUT2D eigenvalue weighted by molar-refractivity contribution is 8.00. The monoisotopic (exact) mass is 397 g/mol. The van der Waals surface area contributed by atoms with Crippen molar-refractivity contribution < 1.29 is 0 Å². The molecule has 4 rings (SSSR count). The Kier molecular flexibility index (Phi) is 5.68. The summed E-state index contributed by atoms with van der Waals surface area (Å²) in [5.74, 6) is 0.737. The van der Waals surface area contributed by atoms with Gasteiger partial charge in [-0.15, -0.1) is 10.2 Å². The number of aryl methyl sites for hydroxylation is 1. The van der Waals surface area contributed by atoms with Gasteiger partial charge in [-0.05, 0) is 42.7 Å². The highest BCUT2D eigenvalue weighted by Gasteiger charge is 2.21. The molecule has 0 spiro atoms. The van der Waals surface area contributed by atoms with Gasteiger partial charge in [-0.2, -0.15) is 5.26 Å². The normalized spacial score (nSPS) is 11.7. The highest BCUT2D eigenvalue weighted by atomic mass is 32.2. The quantitative estimate of drug-likeness (QED) is 0.435. The van der Waals surface area contributed by atoms with Gasteiger partial charge >= 0.3 is 0 Å². The van der Waals surface area contributed by atoms with Crippen LogP contribution >= 0.6 is 11.8 Å². The number of nitriles is 1. The number of nitrogens with zero attached hydrogens (tertiary/aromatic N) is 5. The molecule has 0 unspecified atom stereocenters. The van der Waals surface area contributed by atoms with Gasteiger partial charge in [-0.25, -0.2) is 0 Å². The number of aromatic nitrogens is 4. The summed E-state index contributed by atoms with van der Waals surface area (Å²) in [5.41, 5.74) is 4.17. The summed E-state index contributed by atoms with van der Waals surface area (Å²) in [5, 5.41) is 19.1. The molecule has 0 bridgehead atoms. The van der Waals surface area contributed by atoms with E-state index in [9.17, 15) is 5.26 Å². The maximum absolute atomic E-state index is 9.75. The van der Waals surface area contributed by atoms with Gasteiger partial charge in [0, 0.05) is 18.0 Å². The van der Waals surface area contributed by atoms with Crippen LogP contribution in [0.3, 0.4) is 0 Å². The summed E-state index contributed by atoms with van der Waals surface area (Å²) in [6, 6.07) is 24.4. The molecule has 2 heterocycles. The minimum atomic E-state index is -0.269. The summed E-state index contributed by atoms with van der Waals surface area (Å²) in [4.78, 5) is 4.10. The first-order chi connectivity index (χ1) is 14.3. The van der Waals surface area contributed by atoms with Gasteiger partial charge in [-0.1, -0.05) is 60.3 Å². The predicted octanol–water partition coefficient (Wildman–Crippen LogP) is 4.86. The SMILES string of the molecule is Cc1ccccc1-n1c(S[C@H](C#N)Cc2ccccc2)nnc1-c1ccncc1. The molecule has 0 N–H and O–H groups in total. The molecular weight excluding hydrogens is 378 g/mol. The molecule has 0 fully saturated rings. The van der Waals surface area contributed by atoms with Gasteiger partial charge in [-0.3, -0.25) is 9.55 Å². The number of thioether (sulfide) groups is 1. The van der Waals surface area contributed by atoms with Crippen molar-refractivity contribution in [2.24, 2.45) is 0 Å². The Balaban J connectivity index is 1.75. The van der Waals surface area contributed by atoms with E-state index >= 15 is 0 Å². The van der Waals surface area contributed by atoms with Gasteiger partial charge in [0.15, 0.2) is 11.0 Å². The molecule has 0 aliphatic rings. The van der Waals surface area contributed by atoms with Crippen molar-refractivity contribution in [3.8, 4) is 23.1 Å². The van der Waals surface area contributed by atoms with E-state index in [1.807, 2.05) is 65.2 Å². The summed E-state index contributed by atoms with van der Waals surface area (Å²) in [7, 11) is 0. The Labute approximate surface area is 174 Å². The van der Waals surface area contributed by atoms with Crippen LogP contribution < -0.4 is 0 Å². The first kappa shape index (κ1) is 18.9. The first-order valence-corrected chi connectivity index (χ1v) is 10.2. The zero-order valence-electron chi connectivity index (χ0n) is 15.9. The standard InChI is InChI=1S/C23H19N5S/c1-17-7-5-6-10-21(17)28-22(19-11-13-25-14-12-19)26-27-23(28)29-20(16-24)15-18-8-3-2-4-9-18/h2-14,20H,15H2,1H3/t20-/m0/s1. The minimum Gasteiger partial charge on any atom is -0.270 e. The van der Waals surface area contributed by atoms with Gasteiger partial charge in [0.05, 0.1) is 11.8 Å². The second-order valence-electron chi connectivity index (χ2n) is 6.59. The molecule has 2 aromatic heterocycles. The van der Waals surface area contributed by atoms with Crippen LogP contribution in [-0.4, -0.2) is 25.0 Å². The lowest BCUT2D eigenvalue weighted by molar-refractivity contribution is 0.872. The topological polar surface area (TPSA) is 67.4 Å². The summed E-state index contributed by atoms with van der Waals surface area (Å²) in [6.07, 6.45) is 4.13. The van der Waals surface area contributed by atoms with Crippen LogP contribution in [0.1, 0.15) is 11.1 Å². The fourth-order valence-corrected chi connectivity index (χ4v) is 4.10. The molecule has 0 radical (unpaired) electrons. The minimum absolute atomic E-state index is 0.269. The van der Waals surface area contributed by atoms with Gasteiger partial charge in [0.25, 0.3) is 0 Å². The maximum Gasteiger partial charge on any atom is 0.197 e. The molecule has 5 nitrogen and oxygen atoms in total. The van der Waals surface area contributed by atoms with E-state index < -0.39 is 0 Å². The van der Waals surface area contributed by atoms with Crippen molar-refractivity contribution in [2.75, 3.05) is 0 Å². The smallest absolute Gasteiger partial charge is 0.197 e. The van der Waals surface area contributed by atoms with Gasteiger partial charge in [0.1, 0.15) is 5.25 Å². The number of hydrogen-bond acceptors (Lipinski definition) is 5. The van der Waals surface area contributed by atoms with Crippen molar-refractivity contribution in [3.63, 3.8) is 0 Å². The van der Waals surface area contributed by atoms with E-state index in [-0.39, 0.29) is 5.25 Å². The highest BCUT2D eigenvalue weighted by Crippen LogP contribution is 2.32. The fourth-order valence-electron chi connectivity index (χ4n) is 3.13. The maximum atomic E-state index is 9.75. The Morgan fingerprint density at radius 1 is 0.966 bits per heavy atom. The summed E-state index contributed by atoms with van der Waals surface area (Å²) >= 11 is 1.44. The zero-order chi connectivity index (χ0) is 20.1. The van der Waals surface area contributed by atoms with E-state index in [0.29, 0.717) is 11.6 Å². The molecule has 29 heavy (non-hydrogen) atoms. The van der Waals surface area contributed by atoms with Crippen LogP contribution in [0.2, 0.25) is 0 Å². The van der Waals surface area contributed by atoms with Crippen molar-refractivity contribution in [2.45, 2.75) is 23.8 Å². The first-order valence-electron chi connectivity index (χ1n) is 9.28. The molecule has 4 aromatic rings. The summed E-state index contributed by atoms with van der Waals surface area (Å²) < 4.78 is 2.03. The van der Waals surface area contributed by atoms with Crippen molar-refractivity contribution in [1.29, 1.82) is 5.26 Å². The van der Waals surface area contributed by atoms with Crippen LogP contribution in [0.25, 0.3) is 17.1 Å². The molecule has 0 aliphatic carbocycles. The number of pyridine rings is 1. The number of para-hydroxylation sites is 1. The average Bonchev–Trinajstić information content (AvgIpc) is 3.18. The van der Waals surface area contributed by atoms with Gasteiger partial charge in [0.2, 0.25) is 0 Å². The number of rotatable bonds is 6. The van der Waals surface area contributed by atoms with E-state index in [4.69, 9.17) is 0 Å². The van der Waals surface area contributed by atoms with Crippen LogP contribution in [0.5, 0.6) is 0 Å². The number of hydrogen-bond donors (Lipinski definition) is 0. The fraction of sp³-hybridized carbons (Fsp3) is 0.130. The molecule has 2 aromatic carbocycles. The Morgan fingerprint density at radius 2 is 1.69 bits per heavy atom. The van der Waals surface area contributed by atoms with Crippen LogP contribution in [0, 0.1) is 18.3 Å². The van der Waals surface area contributed by atoms with Crippen LogP contribution in [-0.2, 0) is 6.42 Å². The lowest BCUT2D eigenvalue weighted by Crippen LogP contribution is -2.08. The number of benzene rings is 2. The van der Waals surface area contributed by atoms with E-state index in [0.717, 1.165) is 28.2 Å². The average molecular weight is 398 g/mol. The lowest BCUT2D eigenvalue weighted by Gasteiger charge is -2.14. The van der Waals surface area contributed by atoms with E-state index in [1.165, 1.54) is 11.8 Å². The Bertz CT molecular complexity index is 1130. The largest absolute Gasteiger partial charge is 0.270 e. The molecule has 0 amide bonds. The third-order valence-electron chi connectivity index (χ3n) is 4.58. The van der Waals surface area contributed by atoms with Crippen molar-refractivity contribution >= 4 is 11.8 Å². The van der Waals surface area contributed by atoms with Crippen LogP contribution in [0.4, 0.5) is 0 Å². The lowest BCUT2D eigenvalue weighted by atomic mass is 10.1. The van der Waals surface area contributed by atoms with Crippen molar-refractivity contribution in [3.05, 3.63) is 90.3 Å². The van der Waals surface area contributed by atoms with Crippen molar-refractivity contribution in [1.82, 2.24) is 19.7 Å². The second kappa shape index (κ2) is 8.72. The molecule has 0 aliphatic heterocycles. The molecule has 142 valence electrons.